The molecule has 0 aliphatic heterocycles. The number of benzene rings is 2. The zero-order valence-electron chi connectivity index (χ0n) is 18.7. The summed E-state index contributed by atoms with van der Waals surface area (Å²) in [5, 5.41) is 16.0. The highest BCUT2D eigenvalue weighted by Gasteiger charge is 2.18. The highest BCUT2D eigenvalue weighted by atomic mass is 35.5. The van der Waals surface area contributed by atoms with Gasteiger partial charge in [0.1, 0.15) is 11.6 Å². The number of carbonyl (C=O) groups is 2. The van der Waals surface area contributed by atoms with Crippen molar-refractivity contribution in [3.63, 3.8) is 0 Å². The van der Waals surface area contributed by atoms with E-state index in [4.69, 9.17) is 11.6 Å². The third kappa shape index (κ3) is 5.23. The van der Waals surface area contributed by atoms with Gasteiger partial charge in [0.15, 0.2) is 0 Å². The van der Waals surface area contributed by atoms with E-state index in [1.165, 1.54) is 30.5 Å². The summed E-state index contributed by atoms with van der Waals surface area (Å²) in [5.41, 5.74) is 1.38. The lowest BCUT2D eigenvalue weighted by Crippen LogP contribution is -2.20. The molecule has 35 heavy (non-hydrogen) atoms. The molecule has 2 amide bonds. The zero-order valence-corrected chi connectivity index (χ0v) is 19.4. The minimum Gasteiger partial charge on any atom is -0.506 e. The summed E-state index contributed by atoms with van der Waals surface area (Å²) in [6.07, 6.45) is 3.11. The molecule has 0 spiro atoms. The molecule has 0 unspecified atom stereocenters. The molecule has 0 saturated carbocycles. The average molecular weight is 489 g/mol. The normalized spacial score (nSPS) is 10.6. The summed E-state index contributed by atoms with van der Waals surface area (Å²) in [5.74, 6) is -1.11. The number of aromatic hydroxyl groups is 1. The third-order valence-electron chi connectivity index (χ3n) is 5.31. The van der Waals surface area contributed by atoms with Gasteiger partial charge in [0, 0.05) is 30.1 Å². The van der Waals surface area contributed by atoms with Crippen molar-refractivity contribution in [2.75, 3.05) is 10.6 Å². The van der Waals surface area contributed by atoms with Gasteiger partial charge in [0.05, 0.1) is 16.3 Å². The van der Waals surface area contributed by atoms with Crippen molar-refractivity contribution in [1.82, 2.24) is 9.55 Å². The number of hydrogen-bond acceptors (Lipinski definition) is 5. The van der Waals surface area contributed by atoms with Gasteiger partial charge in [0.2, 0.25) is 0 Å². The summed E-state index contributed by atoms with van der Waals surface area (Å²) in [6.45, 7) is 2.44. The van der Waals surface area contributed by atoms with Crippen LogP contribution in [0.5, 0.6) is 5.75 Å². The first-order chi connectivity index (χ1) is 16.9. The molecule has 2 aromatic heterocycles. The molecule has 0 atom stereocenters. The Morgan fingerprint density at radius 1 is 0.971 bits per heavy atom. The molecule has 0 saturated heterocycles. The lowest BCUT2D eigenvalue weighted by molar-refractivity contribution is 0.102. The van der Waals surface area contributed by atoms with Gasteiger partial charge in [-0.15, -0.1) is 0 Å². The van der Waals surface area contributed by atoms with Gasteiger partial charge in [-0.2, -0.15) is 0 Å². The molecule has 2 aromatic carbocycles. The Bertz CT molecular complexity index is 1450. The molecular formula is C26H21ClN4O4. The van der Waals surface area contributed by atoms with Gasteiger partial charge >= 0.3 is 0 Å². The van der Waals surface area contributed by atoms with E-state index in [2.05, 4.69) is 15.6 Å². The van der Waals surface area contributed by atoms with Crippen LogP contribution >= 0.6 is 11.6 Å². The quantitative estimate of drug-likeness (QED) is 0.337. The van der Waals surface area contributed by atoms with Crippen LogP contribution < -0.4 is 16.2 Å². The molecule has 4 aromatic rings. The second kappa shape index (κ2) is 10.2. The number of halogens is 1. The number of nitrogens with one attached hydrogen (secondary N) is 2. The van der Waals surface area contributed by atoms with Crippen molar-refractivity contribution < 1.29 is 14.7 Å². The van der Waals surface area contributed by atoms with Gasteiger partial charge in [-0.05, 0) is 61.0 Å². The van der Waals surface area contributed by atoms with Crippen molar-refractivity contribution >= 4 is 34.9 Å². The minimum absolute atomic E-state index is 0.0399. The van der Waals surface area contributed by atoms with Crippen LogP contribution in [0.15, 0.2) is 83.9 Å². The number of pyridine rings is 2. The molecule has 4 rings (SSSR count). The van der Waals surface area contributed by atoms with Gasteiger partial charge in [0.25, 0.3) is 17.4 Å². The number of nitrogens with zero attached hydrogens (tertiary/aromatic N) is 2. The molecule has 0 aliphatic carbocycles. The predicted octanol–water partition coefficient (Wildman–Crippen LogP) is 4.79. The third-order valence-corrected chi connectivity index (χ3v) is 5.54. The predicted molar refractivity (Wildman–Crippen MR) is 135 cm³/mol. The van der Waals surface area contributed by atoms with Crippen molar-refractivity contribution in [2.45, 2.75) is 13.5 Å². The Morgan fingerprint density at radius 3 is 2.43 bits per heavy atom. The van der Waals surface area contributed by atoms with E-state index in [0.29, 0.717) is 22.7 Å². The molecule has 8 nitrogen and oxygen atoms in total. The largest absolute Gasteiger partial charge is 0.506 e. The van der Waals surface area contributed by atoms with E-state index in [-0.39, 0.29) is 33.9 Å². The zero-order chi connectivity index (χ0) is 24.9. The molecule has 0 fully saturated rings. The molecule has 3 N–H and O–H groups in total. The van der Waals surface area contributed by atoms with Crippen molar-refractivity contribution in [3.05, 3.63) is 106 Å². The lowest BCUT2D eigenvalue weighted by atomic mass is 10.0. The number of anilines is 2. The number of aromatic nitrogens is 2. The van der Waals surface area contributed by atoms with E-state index in [0.717, 1.165) is 0 Å². The van der Waals surface area contributed by atoms with Gasteiger partial charge in [-0.25, -0.2) is 4.98 Å². The van der Waals surface area contributed by atoms with E-state index in [1.54, 1.807) is 53.2 Å². The van der Waals surface area contributed by atoms with E-state index < -0.39 is 11.8 Å². The number of aryl methyl sites for hydroxylation is 1. The van der Waals surface area contributed by atoms with Gasteiger partial charge < -0.3 is 20.3 Å². The Balaban J connectivity index is 1.56. The second-order valence-electron chi connectivity index (χ2n) is 7.56. The maximum Gasteiger partial charge on any atom is 0.259 e. The Hall–Kier alpha value is -4.43. The first-order valence-corrected chi connectivity index (χ1v) is 11.1. The first kappa shape index (κ1) is 23.7. The molecule has 0 radical (unpaired) electrons. The van der Waals surface area contributed by atoms with Crippen LogP contribution in [0.4, 0.5) is 11.5 Å². The second-order valence-corrected chi connectivity index (χ2v) is 8.00. The number of rotatable bonds is 6. The summed E-state index contributed by atoms with van der Waals surface area (Å²) >= 11 is 5.82. The summed E-state index contributed by atoms with van der Waals surface area (Å²) in [7, 11) is 0. The van der Waals surface area contributed by atoms with Crippen LogP contribution in [0.25, 0.3) is 11.1 Å². The highest BCUT2D eigenvalue weighted by Crippen LogP contribution is 2.29. The van der Waals surface area contributed by atoms with E-state index in [1.807, 2.05) is 6.92 Å². The van der Waals surface area contributed by atoms with Crippen LogP contribution in [0, 0.1) is 0 Å². The van der Waals surface area contributed by atoms with Crippen LogP contribution in [0.2, 0.25) is 5.02 Å². The molecule has 0 aliphatic rings. The topological polar surface area (TPSA) is 113 Å². The lowest BCUT2D eigenvalue weighted by Gasteiger charge is -2.13. The van der Waals surface area contributed by atoms with Crippen LogP contribution in [0.3, 0.4) is 0 Å². The highest BCUT2D eigenvalue weighted by molar-refractivity contribution is 6.30. The number of carbonyl (C=O) groups excluding carboxylic acids is 2. The SMILES string of the molecule is CCn1cccc(-c2ccc(C(=O)Nc3c(O)cccc3C(=O)Nc3ccc(Cl)cn3)cc2)c1=O. The number of amides is 2. The fourth-order valence-corrected chi connectivity index (χ4v) is 3.60. The summed E-state index contributed by atoms with van der Waals surface area (Å²) in [6, 6.07) is 17.5. The Labute approximate surface area is 205 Å². The average Bonchev–Trinajstić information content (AvgIpc) is 2.87. The minimum atomic E-state index is -0.572. The molecule has 2 heterocycles. The number of para-hydroxylation sites is 1. The number of hydrogen-bond donors (Lipinski definition) is 3. The molecule has 176 valence electrons. The fraction of sp³-hybridized carbons (Fsp3) is 0.0769. The van der Waals surface area contributed by atoms with Gasteiger partial charge in [-0.3, -0.25) is 14.4 Å². The Kier molecular flexibility index (Phi) is 6.93. The Morgan fingerprint density at radius 2 is 1.74 bits per heavy atom. The summed E-state index contributed by atoms with van der Waals surface area (Å²) in [4.78, 5) is 42.3. The van der Waals surface area contributed by atoms with Crippen LogP contribution in [-0.2, 0) is 6.54 Å². The first-order valence-electron chi connectivity index (χ1n) is 10.7. The smallest absolute Gasteiger partial charge is 0.259 e. The van der Waals surface area contributed by atoms with E-state index in [9.17, 15) is 19.5 Å². The maximum atomic E-state index is 12.9. The fourth-order valence-electron chi connectivity index (χ4n) is 3.49. The van der Waals surface area contributed by atoms with Gasteiger partial charge in [-0.1, -0.05) is 29.8 Å². The van der Waals surface area contributed by atoms with E-state index >= 15 is 0 Å². The van der Waals surface area contributed by atoms with Crippen molar-refractivity contribution in [1.29, 1.82) is 0 Å². The maximum absolute atomic E-state index is 12.9. The molecular weight excluding hydrogens is 468 g/mol. The van der Waals surface area contributed by atoms with Crippen LogP contribution in [-0.4, -0.2) is 26.5 Å². The standard InChI is InChI=1S/C26H21ClN4O4/c1-2-31-14-4-6-19(26(31)35)16-8-10-17(11-9-16)24(33)30-23-20(5-3-7-21(23)32)25(34)29-22-13-12-18(27)15-28-22/h3-15,32H,2H2,1H3,(H,30,33)(H,28,29,34). The monoisotopic (exact) mass is 488 g/mol. The van der Waals surface area contributed by atoms with Crippen molar-refractivity contribution in [3.8, 4) is 16.9 Å². The number of phenolic OH excluding ortho intramolecular Hbond substituents is 1. The molecule has 0 bridgehead atoms. The van der Waals surface area contributed by atoms with Crippen molar-refractivity contribution in [2.24, 2.45) is 0 Å². The molecule has 9 heteroatoms. The summed E-state index contributed by atoms with van der Waals surface area (Å²) < 4.78 is 1.60. The number of phenols is 1. The van der Waals surface area contributed by atoms with Crippen LogP contribution in [0.1, 0.15) is 27.6 Å².